The lowest BCUT2D eigenvalue weighted by Crippen LogP contribution is -2.52. The van der Waals surface area contributed by atoms with Gasteiger partial charge in [0.1, 0.15) is 11.4 Å². The number of benzene rings is 1. The maximum Gasteiger partial charge on any atom is 0.344 e. The molecule has 1 heterocycles. The Morgan fingerprint density at radius 2 is 1.78 bits per heavy atom. The Bertz CT molecular complexity index is 545. The van der Waals surface area contributed by atoms with Gasteiger partial charge in [0.15, 0.2) is 0 Å². The van der Waals surface area contributed by atoms with Gasteiger partial charge in [-0.2, -0.15) is 0 Å². The van der Waals surface area contributed by atoms with Crippen LogP contribution in [0.2, 0.25) is 0 Å². The highest BCUT2D eigenvalue weighted by molar-refractivity contribution is 5.85. The van der Waals surface area contributed by atoms with Gasteiger partial charge in [0.05, 0.1) is 0 Å². The average molecular weight is 250 g/mol. The minimum absolute atomic E-state index is 0.378. The SMILES string of the molecule is Cc1cc(C)c2c(c1C)OC(C)(C)C2(O)C(=O)O. The van der Waals surface area contributed by atoms with Crippen LogP contribution in [0.4, 0.5) is 0 Å². The Kier molecular flexibility index (Phi) is 2.49. The normalized spacial score (nSPS) is 24.6. The van der Waals surface area contributed by atoms with Crippen LogP contribution in [0.15, 0.2) is 6.07 Å². The highest BCUT2D eigenvalue weighted by Crippen LogP contribution is 2.51. The standard InChI is InChI=1S/C14H18O4/c1-7-6-8(2)10-11(9(7)3)18-13(4,5)14(10,17)12(15)16/h6,17H,1-5H3,(H,15,16). The molecule has 1 aliphatic rings. The quantitative estimate of drug-likeness (QED) is 0.800. The number of aryl methyl sites for hydroxylation is 2. The van der Waals surface area contributed by atoms with Gasteiger partial charge in [-0.3, -0.25) is 0 Å². The van der Waals surface area contributed by atoms with Crippen molar-refractivity contribution in [2.45, 2.75) is 45.8 Å². The molecule has 0 spiro atoms. The van der Waals surface area contributed by atoms with Gasteiger partial charge in [-0.1, -0.05) is 6.07 Å². The Hall–Kier alpha value is -1.55. The molecule has 0 saturated heterocycles. The molecule has 98 valence electrons. The summed E-state index contributed by atoms with van der Waals surface area (Å²) in [5.74, 6) is -0.778. The van der Waals surface area contributed by atoms with Crippen molar-refractivity contribution in [2.24, 2.45) is 0 Å². The van der Waals surface area contributed by atoms with Gasteiger partial charge >= 0.3 is 5.97 Å². The zero-order valence-corrected chi connectivity index (χ0v) is 11.3. The fraction of sp³-hybridized carbons (Fsp3) is 0.500. The van der Waals surface area contributed by atoms with Crippen molar-refractivity contribution in [2.75, 3.05) is 0 Å². The number of carbonyl (C=O) groups is 1. The van der Waals surface area contributed by atoms with Crippen LogP contribution in [-0.4, -0.2) is 21.8 Å². The first kappa shape index (κ1) is 12.9. The lowest BCUT2D eigenvalue weighted by atomic mass is 9.79. The molecule has 1 aromatic rings. The molecule has 4 heteroatoms. The molecular weight excluding hydrogens is 232 g/mol. The van der Waals surface area contributed by atoms with E-state index in [1.807, 2.05) is 19.9 Å². The van der Waals surface area contributed by atoms with Crippen LogP contribution < -0.4 is 4.74 Å². The van der Waals surface area contributed by atoms with E-state index in [2.05, 4.69) is 0 Å². The van der Waals surface area contributed by atoms with Gasteiger partial charge in [-0.25, -0.2) is 4.79 Å². The van der Waals surface area contributed by atoms with E-state index in [9.17, 15) is 15.0 Å². The molecule has 1 unspecified atom stereocenters. The van der Waals surface area contributed by atoms with E-state index in [1.165, 1.54) is 0 Å². The second-order valence-electron chi connectivity index (χ2n) is 5.47. The summed E-state index contributed by atoms with van der Waals surface area (Å²) in [6.45, 7) is 8.79. The molecule has 4 nitrogen and oxygen atoms in total. The van der Waals surface area contributed by atoms with Crippen LogP contribution >= 0.6 is 0 Å². The molecule has 0 aromatic heterocycles. The molecule has 18 heavy (non-hydrogen) atoms. The van der Waals surface area contributed by atoms with Crippen molar-refractivity contribution in [3.05, 3.63) is 28.3 Å². The second-order valence-corrected chi connectivity index (χ2v) is 5.47. The van der Waals surface area contributed by atoms with E-state index >= 15 is 0 Å². The molecule has 1 atom stereocenters. The Morgan fingerprint density at radius 3 is 2.28 bits per heavy atom. The van der Waals surface area contributed by atoms with Crippen LogP contribution in [0.5, 0.6) is 5.75 Å². The molecular formula is C14H18O4. The average Bonchev–Trinajstić information content (AvgIpc) is 2.45. The van der Waals surface area contributed by atoms with Crippen molar-refractivity contribution < 1.29 is 19.7 Å². The highest BCUT2D eigenvalue weighted by atomic mass is 16.5. The first-order chi connectivity index (χ1) is 8.13. The van der Waals surface area contributed by atoms with Gasteiger partial charge < -0.3 is 14.9 Å². The summed E-state index contributed by atoms with van der Waals surface area (Å²) < 4.78 is 5.73. The zero-order valence-electron chi connectivity index (χ0n) is 11.3. The van der Waals surface area contributed by atoms with Gasteiger partial charge in [0.25, 0.3) is 0 Å². The molecule has 0 amide bonds. The number of carboxylic acid groups (broad SMARTS) is 1. The lowest BCUT2D eigenvalue weighted by molar-refractivity contribution is -0.176. The Morgan fingerprint density at radius 1 is 1.22 bits per heavy atom. The van der Waals surface area contributed by atoms with E-state index in [4.69, 9.17) is 4.74 Å². The van der Waals surface area contributed by atoms with Crippen molar-refractivity contribution in [3.63, 3.8) is 0 Å². The van der Waals surface area contributed by atoms with E-state index in [1.54, 1.807) is 20.8 Å². The molecule has 0 saturated carbocycles. The maximum absolute atomic E-state index is 11.5. The summed E-state index contributed by atoms with van der Waals surface area (Å²) in [6.07, 6.45) is 0. The molecule has 2 rings (SSSR count). The summed E-state index contributed by atoms with van der Waals surface area (Å²) >= 11 is 0. The summed E-state index contributed by atoms with van der Waals surface area (Å²) in [6, 6.07) is 1.88. The number of aliphatic hydroxyl groups is 1. The topological polar surface area (TPSA) is 66.8 Å². The zero-order chi connectivity index (χ0) is 13.9. The van der Waals surface area contributed by atoms with Crippen LogP contribution in [0.25, 0.3) is 0 Å². The Labute approximate surface area is 106 Å². The van der Waals surface area contributed by atoms with E-state index in [-0.39, 0.29) is 0 Å². The highest BCUT2D eigenvalue weighted by Gasteiger charge is 2.60. The van der Waals surface area contributed by atoms with Crippen molar-refractivity contribution >= 4 is 5.97 Å². The predicted octanol–water partition coefficient (Wildman–Crippen LogP) is 2.06. The van der Waals surface area contributed by atoms with Gasteiger partial charge in [-0.05, 0) is 51.3 Å². The minimum atomic E-state index is -2.01. The summed E-state index contributed by atoms with van der Waals surface area (Å²) in [4.78, 5) is 11.5. The molecule has 0 radical (unpaired) electrons. The number of carboxylic acids is 1. The van der Waals surface area contributed by atoms with Crippen LogP contribution in [0.1, 0.15) is 36.1 Å². The molecule has 2 N–H and O–H groups in total. The number of ether oxygens (including phenoxy) is 1. The summed E-state index contributed by atoms with van der Waals surface area (Å²) in [7, 11) is 0. The molecule has 0 aliphatic carbocycles. The number of hydrogen-bond donors (Lipinski definition) is 2. The van der Waals surface area contributed by atoms with Crippen molar-refractivity contribution in [1.29, 1.82) is 0 Å². The number of aliphatic carboxylic acids is 1. The third-order valence-corrected chi connectivity index (χ3v) is 3.89. The van der Waals surface area contributed by atoms with Crippen LogP contribution in [0.3, 0.4) is 0 Å². The van der Waals surface area contributed by atoms with Gasteiger partial charge in [-0.15, -0.1) is 0 Å². The first-order valence-corrected chi connectivity index (χ1v) is 5.89. The van der Waals surface area contributed by atoms with E-state index in [0.717, 1.165) is 16.7 Å². The van der Waals surface area contributed by atoms with Gasteiger partial charge in [0.2, 0.25) is 5.60 Å². The van der Waals surface area contributed by atoms with Gasteiger partial charge in [0, 0.05) is 5.56 Å². The predicted molar refractivity (Wildman–Crippen MR) is 66.9 cm³/mol. The number of rotatable bonds is 1. The Balaban J connectivity index is 2.85. The molecule has 1 aliphatic heterocycles. The second kappa shape index (κ2) is 3.48. The maximum atomic E-state index is 11.5. The third kappa shape index (κ3) is 1.32. The van der Waals surface area contributed by atoms with E-state index < -0.39 is 17.2 Å². The lowest BCUT2D eigenvalue weighted by Gasteiger charge is -2.31. The summed E-state index contributed by atoms with van der Waals surface area (Å²) in [5, 5.41) is 20.0. The molecule has 1 aromatic carbocycles. The number of hydrogen-bond acceptors (Lipinski definition) is 3. The summed E-state index contributed by atoms with van der Waals surface area (Å²) in [5.41, 5.74) is -0.181. The molecule has 0 fully saturated rings. The van der Waals surface area contributed by atoms with Crippen LogP contribution in [0, 0.1) is 20.8 Å². The van der Waals surface area contributed by atoms with Crippen LogP contribution in [-0.2, 0) is 10.4 Å². The smallest absolute Gasteiger partial charge is 0.344 e. The fourth-order valence-corrected chi connectivity index (χ4v) is 2.62. The monoisotopic (exact) mass is 250 g/mol. The fourth-order valence-electron chi connectivity index (χ4n) is 2.62. The van der Waals surface area contributed by atoms with Crippen molar-refractivity contribution in [3.8, 4) is 5.75 Å². The minimum Gasteiger partial charge on any atom is -0.483 e. The number of fused-ring (bicyclic) bond motifs is 1. The van der Waals surface area contributed by atoms with Crippen molar-refractivity contribution in [1.82, 2.24) is 0 Å². The molecule has 0 bridgehead atoms. The largest absolute Gasteiger partial charge is 0.483 e. The first-order valence-electron chi connectivity index (χ1n) is 5.89. The van der Waals surface area contributed by atoms with E-state index in [0.29, 0.717) is 11.3 Å². The third-order valence-electron chi connectivity index (χ3n) is 3.89.